The lowest BCUT2D eigenvalue weighted by Crippen LogP contribution is -2.15. The molecule has 2 unspecified atom stereocenters. The van der Waals surface area contributed by atoms with Crippen LogP contribution in [0.2, 0.25) is 0 Å². The maximum Gasteiger partial charge on any atom is 0.305 e. The summed E-state index contributed by atoms with van der Waals surface area (Å²) in [4.78, 5) is 23.6. The molecule has 0 bridgehead atoms. The second-order valence-corrected chi connectivity index (χ2v) is 8.02. The van der Waals surface area contributed by atoms with Crippen LogP contribution in [-0.4, -0.2) is 38.4 Å². The first kappa shape index (κ1) is 27.9. The zero-order chi connectivity index (χ0) is 21.7. The molecule has 29 heavy (non-hydrogen) atoms. The third-order valence-electron chi connectivity index (χ3n) is 5.39. The van der Waals surface area contributed by atoms with Crippen molar-refractivity contribution in [2.75, 3.05) is 26.4 Å². The summed E-state index contributed by atoms with van der Waals surface area (Å²) in [5, 5.41) is 0. The van der Waals surface area contributed by atoms with Gasteiger partial charge in [0.25, 0.3) is 0 Å². The largest absolute Gasteiger partial charge is 0.465 e. The van der Waals surface area contributed by atoms with Gasteiger partial charge in [0.15, 0.2) is 0 Å². The highest BCUT2D eigenvalue weighted by Crippen LogP contribution is 2.14. The SMILES string of the molecule is CCCCC(CC)COC(=O)CCCOCCCC(=O)OCC(CC)CCCC. The summed E-state index contributed by atoms with van der Waals surface area (Å²) in [6, 6.07) is 0. The number of unbranched alkanes of at least 4 members (excludes halogenated alkanes) is 2. The van der Waals surface area contributed by atoms with Crippen LogP contribution in [0.3, 0.4) is 0 Å². The van der Waals surface area contributed by atoms with E-state index < -0.39 is 0 Å². The van der Waals surface area contributed by atoms with Crippen molar-refractivity contribution in [2.45, 2.75) is 105 Å². The number of rotatable bonds is 20. The van der Waals surface area contributed by atoms with Crippen molar-refractivity contribution in [1.82, 2.24) is 0 Å². The molecule has 0 aliphatic rings. The van der Waals surface area contributed by atoms with Gasteiger partial charge < -0.3 is 14.2 Å². The van der Waals surface area contributed by atoms with Gasteiger partial charge in [0.1, 0.15) is 0 Å². The minimum atomic E-state index is -0.138. The first-order valence-electron chi connectivity index (χ1n) is 12.0. The molecule has 0 radical (unpaired) electrons. The maximum atomic E-state index is 11.8. The average molecular weight is 415 g/mol. The van der Waals surface area contributed by atoms with E-state index in [1.165, 1.54) is 25.7 Å². The summed E-state index contributed by atoms with van der Waals surface area (Å²) < 4.78 is 16.3. The molecule has 172 valence electrons. The van der Waals surface area contributed by atoms with E-state index in [2.05, 4.69) is 27.7 Å². The fourth-order valence-corrected chi connectivity index (χ4v) is 3.10. The molecule has 0 aliphatic carbocycles. The lowest BCUT2D eigenvalue weighted by molar-refractivity contribution is -0.146. The van der Waals surface area contributed by atoms with Crippen LogP contribution in [0, 0.1) is 11.8 Å². The molecule has 2 atom stereocenters. The van der Waals surface area contributed by atoms with E-state index in [0.29, 0.717) is 63.9 Å². The Kier molecular flexibility index (Phi) is 19.4. The fourth-order valence-electron chi connectivity index (χ4n) is 3.10. The molecule has 0 aliphatic heterocycles. The normalized spacial score (nSPS) is 13.1. The molecular weight excluding hydrogens is 368 g/mol. The van der Waals surface area contributed by atoms with Gasteiger partial charge in [-0.25, -0.2) is 0 Å². The lowest BCUT2D eigenvalue weighted by atomic mass is 10.0. The average Bonchev–Trinajstić information content (AvgIpc) is 2.73. The van der Waals surface area contributed by atoms with E-state index in [-0.39, 0.29) is 11.9 Å². The van der Waals surface area contributed by atoms with Crippen LogP contribution in [0.5, 0.6) is 0 Å². The van der Waals surface area contributed by atoms with Gasteiger partial charge in [-0.15, -0.1) is 0 Å². The van der Waals surface area contributed by atoms with Crippen LogP contribution in [0.1, 0.15) is 105 Å². The zero-order valence-corrected chi connectivity index (χ0v) is 19.5. The molecule has 5 nitrogen and oxygen atoms in total. The van der Waals surface area contributed by atoms with Crippen LogP contribution in [0.25, 0.3) is 0 Å². The number of hydrogen-bond acceptors (Lipinski definition) is 5. The number of carbonyl (C=O) groups excluding carboxylic acids is 2. The molecule has 0 fully saturated rings. The fraction of sp³-hybridized carbons (Fsp3) is 0.917. The molecule has 0 aromatic carbocycles. The number of carbonyl (C=O) groups is 2. The Hall–Kier alpha value is -1.10. The third-order valence-corrected chi connectivity index (χ3v) is 5.39. The first-order chi connectivity index (χ1) is 14.1. The molecular formula is C24H46O5. The van der Waals surface area contributed by atoms with Gasteiger partial charge in [0.05, 0.1) is 13.2 Å². The molecule has 0 amide bonds. The molecule has 5 heteroatoms. The Labute approximate surface area is 179 Å². The summed E-state index contributed by atoms with van der Waals surface area (Å²) >= 11 is 0. The van der Waals surface area contributed by atoms with Crippen molar-refractivity contribution < 1.29 is 23.8 Å². The van der Waals surface area contributed by atoms with Gasteiger partial charge in [0.2, 0.25) is 0 Å². The Morgan fingerprint density at radius 1 is 0.655 bits per heavy atom. The van der Waals surface area contributed by atoms with Crippen molar-refractivity contribution in [3.8, 4) is 0 Å². The Bertz CT molecular complexity index is 361. The predicted octanol–water partition coefficient (Wildman–Crippen LogP) is 6.08. The van der Waals surface area contributed by atoms with Gasteiger partial charge >= 0.3 is 11.9 Å². The predicted molar refractivity (Wildman–Crippen MR) is 118 cm³/mol. The van der Waals surface area contributed by atoms with Crippen LogP contribution in [-0.2, 0) is 23.8 Å². The Morgan fingerprint density at radius 3 is 1.41 bits per heavy atom. The van der Waals surface area contributed by atoms with Gasteiger partial charge in [0, 0.05) is 26.1 Å². The van der Waals surface area contributed by atoms with Crippen LogP contribution < -0.4 is 0 Å². The maximum absolute atomic E-state index is 11.8. The summed E-state index contributed by atoms with van der Waals surface area (Å²) in [6.07, 6.45) is 11.2. The molecule has 0 spiro atoms. The molecule has 0 saturated carbocycles. The second-order valence-electron chi connectivity index (χ2n) is 8.02. The molecule has 0 N–H and O–H groups in total. The minimum absolute atomic E-state index is 0.138. The quantitative estimate of drug-likeness (QED) is 0.178. The van der Waals surface area contributed by atoms with Crippen molar-refractivity contribution in [3.05, 3.63) is 0 Å². The Balaban J connectivity index is 3.59. The topological polar surface area (TPSA) is 61.8 Å². The van der Waals surface area contributed by atoms with Crippen molar-refractivity contribution >= 4 is 11.9 Å². The van der Waals surface area contributed by atoms with Gasteiger partial charge in [-0.1, -0.05) is 66.2 Å². The highest BCUT2D eigenvalue weighted by atomic mass is 16.5. The van der Waals surface area contributed by atoms with Crippen molar-refractivity contribution in [2.24, 2.45) is 11.8 Å². The Morgan fingerprint density at radius 2 is 1.07 bits per heavy atom. The van der Waals surface area contributed by atoms with E-state index in [0.717, 1.165) is 25.7 Å². The van der Waals surface area contributed by atoms with Crippen molar-refractivity contribution in [3.63, 3.8) is 0 Å². The van der Waals surface area contributed by atoms with Crippen LogP contribution in [0.15, 0.2) is 0 Å². The highest BCUT2D eigenvalue weighted by molar-refractivity contribution is 5.69. The highest BCUT2D eigenvalue weighted by Gasteiger charge is 2.11. The number of ether oxygens (including phenoxy) is 3. The monoisotopic (exact) mass is 414 g/mol. The number of esters is 2. The van der Waals surface area contributed by atoms with E-state index in [1.54, 1.807) is 0 Å². The van der Waals surface area contributed by atoms with Crippen LogP contribution in [0.4, 0.5) is 0 Å². The minimum Gasteiger partial charge on any atom is -0.465 e. The molecule has 0 heterocycles. The van der Waals surface area contributed by atoms with E-state index in [9.17, 15) is 9.59 Å². The summed E-state index contributed by atoms with van der Waals surface area (Å²) in [5.41, 5.74) is 0. The standard InChI is InChI=1S/C24H46O5/c1-5-9-13-21(7-3)19-28-23(25)15-11-17-27-18-12-16-24(26)29-20-22(8-4)14-10-6-2/h21-22H,5-20H2,1-4H3. The molecule has 0 aromatic rings. The second kappa shape index (κ2) is 20.2. The smallest absolute Gasteiger partial charge is 0.305 e. The van der Waals surface area contributed by atoms with Crippen molar-refractivity contribution in [1.29, 1.82) is 0 Å². The van der Waals surface area contributed by atoms with E-state index in [1.807, 2.05) is 0 Å². The lowest BCUT2D eigenvalue weighted by Gasteiger charge is -2.14. The summed E-state index contributed by atoms with van der Waals surface area (Å²) in [7, 11) is 0. The first-order valence-corrected chi connectivity index (χ1v) is 12.0. The molecule has 0 aromatic heterocycles. The van der Waals surface area contributed by atoms with E-state index >= 15 is 0 Å². The number of hydrogen-bond donors (Lipinski definition) is 0. The van der Waals surface area contributed by atoms with Gasteiger partial charge in [-0.2, -0.15) is 0 Å². The van der Waals surface area contributed by atoms with Crippen LogP contribution >= 0.6 is 0 Å². The van der Waals surface area contributed by atoms with Gasteiger partial charge in [-0.05, 0) is 37.5 Å². The summed E-state index contributed by atoms with van der Waals surface area (Å²) in [5.74, 6) is 0.685. The van der Waals surface area contributed by atoms with E-state index in [4.69, 9.17) is 14.2 Å². The zero-order valence-electron chi connectivity index (χ0n) is 19.5. The summed E-state index contributed by atoms with van der Waals surface area (Å²) in [6.45, 7) is 10.8. The third kappa shape index (κ3) is 17.5. The molecule has 0 saturated heterocycles. The molecule has 0 rings (SSSR count). The van der Waals surface area contributed by atoms with Gasteiger partial charge in [-0.3, -0.25) is 9.59 Å².